The van der Waals surface area contributed by atoms with Crippen molar-refractivity contribution >= 4 is 11.7 Å². The van der Waals surface area contributed by atoms with Crippen molar-refractivity contribution in [3.05, 3.63) is 30.4 Å². The van der Waals surface area contributed by atoms with Gasteiger partial charge in [-0.1, -0.05) is 13.8 Å². The molecule has 0 aliphatic rings. The van der Waals surface area contributed by atoms with E-state index in [1.807, 2.05) is 39.1 Å². The smallest absolute Gasteiger partial charge is 0.223 e. The molecule has 1 amide bonds. The number of aryl methyl sites for hydroxylation is 1. The van der Waals surface area contributed by atoms with Gasteiger partial charge in [0.05, 0.1) is 0 Å². The molecule has 2 heterocycles. The zero-order chi connectivity index (χ0) is 16.7. The lowest BCUT2D eigenvalue weighted by molar-refractivity contribution is -0.125. The third kappa shape index (κ3) is 4.77. The molecule has 124 valence electrons. The average molecular weight is 316 g/mol. The van der Waals surface area contributed by atoms with Crippen molar-refractivity contribution in [2.24, 2.45) is 5.92 Å². The molecule has 2 aromatic heterocycles. The maximum absolute atomic E-state index is 11.9. The van der Waals surface area contributed by atoms with Gasteiger partial charge in [-0.2, -0.15) is 5.10 Å². The molecule has 0 unspecified atom stereocenters. The Hall–Kier alpha value is -2.44. The fourth-order valence-electron chi connectivity index (χ4n) is 2.34. The van der Waals surface area contributed by atoms with Crippen LogP contribution < -0.4 is 10.6 Å². The number of carbonyl (C=O) groups excluding carboxylic acids is 1. The minimum atomic E-state index is 0.0997. The first-order valence-electron chi connectivity index (χ1n) is 8.01. The van der Waals surface area contributed by atoms with Gasteiger partial charge in [-0.3, -0.25) is 4.79 Å². The fourth-order valence-corrected chi connectivity index (χ4v) is 2.34. The minimum Gasteiger partial charge on any atom is -0.368 e. The van der Waals surface area contributed by atoms with E-state index in [1.165, 1.54) is 0 Å². The Morgan fingerprint density at radius 3 is 2.70 bits per heavy atom. The molecule has 2 N–H and O–H groups in total. The first-order valence-corrected chi connectivity index (χ1v) is 8.01. The zero-order valence-corrected chi connectivity index (χ0v) is 13.9. The van der Waals surface area contributed by atoms with Crippen molar-refractivity contribution in [2.75, 3.05) is 18.4 Å². The van der Waals surface area contributed by atoms with Gasteiger partial charge in [0.2, 0.25) is 5.91 Å². The highest BCUT2D eigenvalue weighted by molar-refractivity contribution is 5.78. The van der Waals surface area contributed by atoms with E-state index in [0.29, 0.717) is 24.7 Å². The largest absolute Gasteiger partial charge is 0.368 e. The fraction of sp³-hybridized carbons (Fsp3) is 0.500. The Bertz CT molecular complexity index is 622. The molecule has 0 atom stereocenters. The van der Waals surface area contributed by atoms with E-state index in [0.717, 1.165) is 18.7 Å². The number of aromatic nitrogens is 4. The van der Waals surface area contributed by atoms with Crippen LogP contribution in [0.4, 0.5) is 5.82 Å². The summed E-state index contributed by atoms with van der Waals surface area (Å²) in [6, 6.07) is 3.68. The molecule has 0 aliphatic heterocycles. The normalized spacial score (nSPS) is 10.8. The summed E-state index contributed by atoms with van der Waals surface area (Å²) in [5.74, 6) is 2.32. The van der Waals surface area contributed by atoms with Gasteiger partial charge < -0.3 is 10.6 Å². The van der Waals surface area contributed by atoms with Crippen LogP contribution in [0.5, 0.6) is 0 Å². The Morgan fingerprint density at radius 1 is 1.26 bits per heavy atom. The molecule has 0 radical (unpaired) electrons. The topological polar surface area (TPSA) is 84.7 Å². The van der Waals surface area contributed by atoms with E-state index in [1.54, 1.807) is 10.9 Å². The molecular weight excluding hydrogens is 292 g/mol. The SMILES string of the molecule is CCC(CC)C(=O)NCCNc1cc(-n2cccn2)nc(C)n1. The predicted molar refractivity (Wildman–Crippen MR) is 89.5 cm³/mol. The van der Waals surface area contributed by atoms with E-state index < -0.39 is 0 Å². The van der Waals surface area contributed by atoms with Gasteiger partial charge in [-0.15, -0.1) is 0 Å². The standard InChI is InChI=1S/C16H24N6O/c1-4-13(5-2)16(23)18-9-8-17-14-11-15(21-12(3)20-14)22-10-6-7-19-22/h6-7,10-11,13H,4-5,8-9H2,1-3H3,(H,18,23)(H,17,20,21). The van der Waals surface area contributed by atoms with Crippen LogP contribution in [0.1, 0.15) is 32.5 Å². The maximum atomic E-state index is 11.9. The molecule has 0 saturated heterocycles. The van der Waals surface area contributed by atoms with Crippen molar-refractivity contribution in [3.8, 4) is 5.82 Å². The van der Waals surface area contributed by atoms with E-state index in [4.69, 9.17) is 0 Å². The Kier molecular flexibility index (Phi) is 6.08. The third-order valence-corrected chi connectivity index (χ3v) is 3.65. The summed E-state index contributed by atoms with van der Waals surface area (Å²) in [5, 5.41) is 10.3. The molecule has 0 bridgehead atoms. The van der Waals surface area contributed by atoms with Crippen LogP contribution in [0, 0.1) is 12.8 Å². The molecule has 23 heavy (non-hydrogen) atoms. The summed E-state index contributed by atoms with van der Waals surface area (Å²) in [5.41, 5.74) is 0. The van der Waals surface area contributed by atoms with Crippen LogP contribution in [-0.2, 0) is 4.79 Å². The number of rotatable bonds is 8. The lowest BCUT2D eigenvalue weighted by Gasteiger charge is -2.13. The van der Waals surface area contributed by atoms with E-state index in [-0.39, 0.29) is 11.8 Å². The lowest BCUT2D eigenvalue weighted by atomic mass is 10.0. The number of anilines is 1. The van der Waals surface area contributed by atoms with Crippen molar-refractivity contribution in [2.45, 2.75) is 33.6 Å². The molecule has 7 nitrogen and oxygen atoms in total. The number of carbonyl (C=O) groups is 1. The van der Waals surface area contributed by atoms with Gasteiger partial charge >= 0.3 is 0 Å². The van der Waals surface area contributed by atoms with Gasteiger partial charge in [-0.05, 0) is 25.8 Å². The van der Waals surface area contributed by atoms with Crippen molar-refractivity contribution in [1.29, 1.82) is 0 Å². The Balaban J connectivity index is 1.88. The summed E-state index contributed by atoms with van der Waals surface area (Å²) in [6.45, 7) is 7.09. The van der Waals surface area contributed by atoms with Gasteiger partial charge in [0.1, 0.15) is 11.6 Å². The number of nitrogens with one attached hydrogen (secondary N) is 2. The third-order valence-electron chi connectivity index (χ3n) is 3.65. The summed E-state index contributed by atoms with van der Waals surface area (Å²) < 4.78 is 1.69. The van der Waals surface area contributed by atoms with Crippen LogP contribution >= 0.6 is 0 Å². The zero-order valence-electron chi connectivity index (χ0n) is 13.9. The lowest BCUT2D eigenvalue weighted by Crippen LogP contribution is -2.33. The van der Waals surface area contributed by atoms with Crippen LogP contribution in [0.3, 0.4) is 0 Å². The highest BCUT2D eigenvalue weighted by atomic mass is 16.1. The van der Waals surface area contributed by atoms with Crippen molar-refractivity contribution < 1.29 is 4.79 Å². The van der Waals surface area contributed by atoms with E-state index >= 15 is 0 Å². The molecule has 0 spiro atoms. The molecule has 0 aliphatic carbocycles. The molecule has 0 saturated carbocycles. The maximum Gasteiger partial charge on any atom is 0.223 e. The quantitative estimate of drug-likeness (QED) is 0.727. The van der Waals surface area contributed by atoms with Crippen LogP contribution in [0.2, 0.25) is 0 Å². The molecular formula is C16H24N6O. The number of hydrogen-bond donors (Lipinski definition) is 2. The number of nitrogens with zero attached hydrogens (tertiary/aromatic N) is 4. The molecule has 0 fully saturated rings. The monoisotopic (exact) mass is 316 g/mol. The van der Waals surface area contributed by atoms with Crippen molar-refractivity contribution in [1.82, 2.24) is 25.1 Å². The average Bonchev–Trinajstić information content (AvgIpc) is 3.07. The van der Waals surface area contributed by atoms with Crippen LogP contribution in [0.15, 0.2) is 24.5 Å². The first kappa shape index (κ1) is 16.9. The van der Waals surface area contributed by atoms with E-state index in [2.05, 4.69) is 25.7 Å². The number of amides is 1. The first-order chi connectivity index (χ1) is 11.1. The second-order valence-electron chi connectivity index (χ2n) is 5.34. The highest BCUT2D eigenvalue weighted by Crippen LogP contribution is 2.10. The number of hydrogen-bond acceptors (Lipinski definition) is 5. The summed E-state index contributed by atoms with van der Waals surface area (Å²) >= 11 is 0. The Labute approximate surface area is 136 Å². The van der Waals surface area contributed by atoms with Crippen LogP contribution in [-0.4, -0.2) is 38.7 Å². The second kappa shape index (κ2) is 8.26. The van der Waals surface area contributed by atoms with Gasteiger partial charge in [0, 0.05) is 37.5 Å². The Morgan fingerprint density at radius 2 is 2.04 bits per heavy atom. The molecule has 2 rings (SSSR count). The molecule has 7 heteroatoms. The summed E-state index contributed by atoms with van der Waals surface area (Å²) in [7, 11) is 0. The van der Waals surface area contributed by atoms with Gasteiger partial charge in [0.15, 0.2) is 5.82 Å². The molecule has 2 aromatic rings. The summed E-state index contributed by atoms with van der Waals surface area (Å²) in [6.07, 6.45) is 5.28. The molecule has 0 aromatic carbocycles. The van der Waals surface area contributed by atoms with Gasteiger partial charge in [0.25, 0.3) is 0 Å². The van der Waals surface area contributed by atoms with Crippen LogP contribution in [0.25, 0.3) is 5.82 Å². The highest BCUT2D eigenvalue weighted by Gasteiger charge is 2.12. The minimum absolute atomic E-state index is 0.0997. The predicted octanol–water partition coefficient (Wildman–Crippen LogP) is 1.94. The second-order valence-corrected chi connectivity index (χ2v) is 5.34. The van der Waals surface area contributed by atoms with Gasteiger partial charge in [-0.25, -0.2) is 14.6 Å². The van der Waals surface area contributed by atoms with E-state index in [9.17, 15) is 4.79 Å². The summed E-state index contributed by atoms with van der Waals surface area (Å²) in [4.78, 5) is 20.6. The van der Waals surface area contributed by atoms with Crippen molar-refractivity contribution in [3.63, 3.8) is 0 Å².